The van der Waals surface area contributed by atoms with Crippen LogP contribution in [0.3, 0.4) is 0 Å². The number of ketones is 1. The SMILES string of the molecule is COc1ccccc1C(=O)c1cc(Cl)cc(Cl)c1. The van der Waals surface area contributed by atoms with E-state index in [4.69, 9.17) is 27.9 Å². The molecule has 0 aliphatic carbocycles. The zero-order valence-corrected chi connectivity index (χ0v) is 11.1. The van der Waals surface area contributed by atoms with Gasteiger partial charge in [0, 0.05) is 15.6 Å². The van der Waals surface area contributed by atoms with E-state index in [-0.39, 0.29) is 5.78 Å². The van der Waals surface area contributed by atoms with Crippen molar-refractivity contribution in [3.63, 3.8) is 0 Å². The lowest BCUT2D eigenvalue weighted by atomic mass is 10.0. The third-order valence-electron chi connectivity index (χ3n) is 2.48. The summed E-state index contributed by atoms with van der Waals surface area (Å²) in [5, 5.41) is 0.862. The third kappa shape index (κ3) is 2.66. The van der Waals surface area contributed by atoms with E-state index in [0.717, 1.165) is 0 Å². The molecule has 0 unspecified atom stereocenters. The second kappa shape index (κ2) is 5.42. The monoisotopic (exact) mass is 280 g/mol. The minimum Gasteiger partial charge on any atom is -0.496 e. The third-order valence-corrected chi connectivity index (χ3v) is 2.91. The summed E-state index contributed by atoms with van der Waals surface area (Å²) in [7, 11) is 1.52. The second-order valence-corrected chi connectivity index (χ2v) is 4.56. The van der Waals surface area contributed by atoms with Crippen molar-refractivity contribution < 1.29 is 9.53 Å². The van der Waals surface area contributed by atoms with E-state index >= 15 is 0 Å². The highest BCUT2D eigenvalue weighted by molar-refractivity contribution is 6.35. The summed E-state index contributed by atoms with van der Waals surface area (Å²) in [6.45, 7) is 0. The van der Waals surface area contributed by atoms with Crippen LogP contribution in [0.1, 0.15) is 15.9 Å². The van der Waals surface area contributed by atoms with Crippen LogP contribution in [0.15, 0.2) is 42.5 Å². The number of rotatable bonds is 3. The summed E-state index contributed by atoms with van der Waals surface area (Å²) in [4.78, 5) is 12.3. The number of benzene rings is 2. The van der Waals surface area contributed by atoms with Crippen LogP contribution in [0.4, 0.5) is 0 Å². The first-order valence-electron chi connectivity index (χ1n) is 5.25. The lowest BCUT2D eigenvalue weighted by Gasteiger charge is -2.07. The number of carbonyl (C=O) groups is 1. The van der Waals surface area contributed by atoms with Crippen LogP contribution in [0.25, 0.3) is 0 Å². The number of methoxy groups -OCH3 is 1. The van der Waals surface area contributed by atoms with Gasteiger partial charge in [0.25, 0.3) is 0 Å². The fraction of sp³-hybridized carbons (Fsp3) is 0.0714. The molecule has 4 heteroatoms. The van der Waals surface area contributed by atoms with Crippen LogP contribution < -0.4 is 4.74 Å². The van der Waals surface area contributed by atoms with Crippen LogP contribution in [0.5, 0.6) is 5.75 Å². The Kier molecular flexibility index (Phi) is 3.90. The second-order valence-electron chi connectivity index (χ2n) is 3.69. The van der Waals surface area contributed by atoms with Gasteiger partial charge in [-0.2, -0.15) is 0 Å². The molecule has 0 spiro atoms. The maximum Gasteiger partial charge on any atom is 0.196 e. The smallest absolute Gasteiger partial charge is 0.196 e. The van der Waals surface area contributed by atoms with E-state index < -0.39 is 0 Å². The molecule has 0 amide bonds. The summed E-state index contributed by atoms with van der Waals surface area (Å²) in [5.74, 6) is 0.357. The van der Waals surface area contributed by atoms with Crippen LogP contribution in [-0.4, -0.2) is 12.9 Å². The van der Waals surface area contributed by atoms with Gasteiger partial charge in [0.2, 0.25) is 0 Å². The Bertz CT molecular complexity index is 574. The standard InChI is InChI=1S/C14H10Cl2O2/c1-18-13-5-3-2-4-12(13)14(17)9-6-10(15)8-11(16)7-9/h2-8H,1H3. The molecule has 0 radical (unpaired) electrons. The molecule has 2 aromatic rings. The number of carbonyl (C=O) groups excluding carboxylic acids is 1. The quantitative estimate of drug-likeness (QED) is 0.787. The van der Waals surface area contributed by atoms with Gasteiger partial charge in [-0.3, -0.25) is 4.79 Å². The first kappa shape index (κ1) is 12.9. The minimum atomic E-state index is -0.170. The molecule has 0 heterocycles. The Labute approximate surface area is 115 Å². The normalized spacial score (nSPS) is 10.2. The molecule has 0 saturated heterocycles. The van der Waals surface area contributed by atoms with Crippen molar-refractivity contribution in [3.05, 3.63) is 63.6 Å². The van der Waals surface area contributed by atoms with Gasteiger partial charge < -0.3 is 4.74 Å². The average Bonchev–Trinajstić information content (AvgIpc) is 2.36. The summed E-state index contributed by atoms with van der Waals surface area (Å²) in [6.07, 6.45) is 0. The van der Waals surface area contributed by atoms with E-state index in [1.165, 1.54) is 7.11 Å². The van der Waals surface area contributed by atoms with Crippen molar-refractivity contribution in [2.75, 3.05) is 7.11 Å². The Hall–Kier alpha value is -1.51. The zero-order chi connectivity index (χ0) is 13.1. The fourth-order valence-electron chi connectivity index (χ4n) is 1.67. The van der Waals surface area contributed by atoms with E-state index in [0.29, 0.717) is 26.9 Å². The van der Waals surface area contributed by atoms with Gasteiger partial charge in [0.05, 0.1) is 12.7 Å². The zero-order valence-electron chi connectivity index (χ0n) is 9.61. The molecule has 0 aromatic heterocycles. The van der Waals surface area contributed by atoms with Gasteiger partial charge >= 0.3 is 0 Å². The van der Waals surface area contributed by atoms with Gasteiger partial charge in [-0.15, -0.1) is 0 Å². The van der Waals surface area contributed by atoms with Crippen molar-refractivity contribution in [2.45, 2.75) is 0 Å². The van der Waals surface area contributed by atoms with Gasteiger partial charge in [0.1, 0.15) is 5.75 Å². The molecule has 0 saturated carbocycles. The van der Waals surface area contributed by atoms with Crippen LogP contribution in [0.2, 0.25) is 10.0 Å². The van der Waals surface area contributed by atoms with Gasteiger partial charge in [0.15, 0.2) is 5.78 Å². The van der Waals surface area contributed by atoms with E-state index in [2.05, 4.69) is 0 Å². The van der Waals surface area contributed by atoms with E-state index in [1.807, 2.05) is 0 Å². The highest BCUT2D eigenvalue weighted by Crippen LogP contribution is 2.25. The average molecular weight is 281 g/mol. The number of ether oxygens (including phenoxy) is 1. The van der Waals surface area contributed by atoms with Crippen LogP contribution in [-0.2, 0) is 0 Å². The van der Waals surface area contributed by atoms with Crippen molar-refractivity contribution in [3.8, 4) is 5.75 Å². The minimum absolute atomic E-state index is 0.170. The maximum atomic E-state index is 12.3. The number of hydrogen-bond acceptors (Lipinski definition) is 2. The number of para-hydroxylation sites is 1. The molecule has 2 aromatic carbocycles. The summed E-state index contributed by atoms with van der Waals surface area (Å²) in [5.41, 5.74) is 0.926. The molecule has 2 rings (SSSR count). The summed E-state index contributed by atoms with van der Waals surface area (Å²) < 4.78 is 5.16. The highest BCUT2D eigenvalue weighted by atomic mass is 35.5. The van der Waals surface area contributed by atoms with Crippen molar-refractivity contribution in [1.29, 1.82) is 0 Å². The Balaban J connectivity index is 2.47. The molecule has 0 fully saturated rings. The molecular weight excluding hydrogens is 271 g/mol. The largest absolute Gasteiger partial charge is 0.496 e. The molecule has 0 atom stereocenters. The summed E-state index contributed by atoms with van der Waals surface area (Å²) >= 11 is 11.8. The maximum absolute atomic E-state index is 12.3. The molecule has 0 bridgehead atoms. The molecular formula is C14H10Cl2O2. The number of halogens is 2. The van der Waals surface area contributed by atoms with Crippen molar-refractivity contribution in [1.82, 2.24) is 0 Å². The topological polar surface area (TPSA) is 26.3 Å². The van der Waals surface area contributed by atoms with Gasteiger partial charge in [-0.25, -0.2) is 0 Å². The van der Waals surface area contributed by atoms with Gasteiger partial charge in [-0.05, 0) is 30.3 Å². The first-order valence-corrected chi connectivity index (χ1v) is 6.01. The lowest BCUT2D eigenvalue weighted by Crippen LogP contribution is -2.03. The van der Waals surface area contributed by atoms with Crippen molar-refractivity contribution >= 4 is 29.0 Å². The van der Waals surface area contributed by atoms with E-state index in [9.17, 15) is 4.79 Å². The van der Waals surface area contributed by atoms with E-state index in [1.54, 1.807) is 42.5 Å². The Morgan fingerprint density at radius 2 is 1.67 bits per heavy atom. The fourth-order valence-corrected chi connectivity index (χ4v) is 2.20. The molecule has 18 heavy (non-hydrogen) atoms. The predicted molar refractivity (Wildman–Crippen MR) is 72.9 cm³/mol. The summed E-state index contributed by atoms with van der Waals surface area (Å²) in [6, 6.07) is 11.8. The molecule has 2 nitrogen and oxygen atoms in total. The van der Waals surface area contributed by atoms with Gasteiger partial charge in [-0.1, -0.05) is 35.3 Å². The van der Waals surface area contributed by atoms with Crippen LogP contribution >= 0.6 is 23.2 Å². The Morgan fingerprint density at radius 1 is 1.06 bits per heavy atom. The van der Waals surface area contributed by atoms with Crippen molar-refractivity contribution in [2.24, 2.45) is 0 Å². The predicted octanol–water partition coefficient (Wildman–Crippen LogP) is 4.23. The van der Waals surface area contributed by atoms with Crippen LogP contribution in [0, 0.1) is 0 Å². The first-order chi connectivity index (χ1) is 8.61. The Morgan fingerprint density at radius 3 is 2.28 bits per heavy atom. The molecule has 0 aliphatic heterocycles. The number of hydrogen-bond donors (Lipinski definition) is 0. The molecule has 0 N–H and O–H groups in total. The lowest BCUT2D eigenvalue weighted by molar-refractivity contribution is 0.103. The highest BCUT2D eigenvalue weighted by Gasteiger charge is 2.14. The molecule has 92 valence electrons. The molecule has 0 aliphatic rings.